The Morgan fingerprint density at radius 1 is 1.32 bits per heavy atom. The highest BCUT2D eigenvalue weighted by atomic mass is 32.2. The first kappa shape index (κ1) is 22.0. The third-order valence-corrected chi connectivity index (χ3v) is 4.96. The number of hydrogen-bond donors (Lipinski definition) is 3. The zero-order chi connectivity index (χ0) is 20.5. The number of nitrogens with one attached hydrogen (secondary N) is 3. The number of carbonyl (C=O) groups excluding carboxylic acids is 2. The number of benzene rings is 1. The van der Waals surface area contributed by atoms with Gasteiger partial charge in [-0.3, -0.25) is 15.0 Å². The molecule has 2 rings (SSSR count). The third-order valence-electron chi connectivity index (χ3n) is 4.10. The summed E-state index contributed by atoms with van der Waals surface area (Å²) in [5.74, 6) is -0.00757. The summed E-state index contributed by atoms with van der Waals surface area (Å²) in [4.78, 5) is 26.3. The number of nitrogens with zero attached hydrogens (tertiary/aromatic N) is 1. The fourth-order valence-corrected chi connectivity index (χ4v) is 3.07. The molecule has 1 aliphatic rings. The van der Waals surface area contributed by atoms with Crippen LogP contribution >= 0.6 is 11.8 Å². The van der Waals surface area contributed by atoms with Crippen LogP contribution in [0.2, 0.25) is 0 Å². The first-order valence-electron chi connectivity index (χ1n) is 8.81. The smallest absolute Gasteiger partial charge is 0.257 e. The number of carbonyl (C=O) groups is 2. The van der Waals surface area contributed by atoms with Crippen LogP contribution in [0.1, 0.15) is 17.3 Å². The Kier molecular flexibility index (Phi) is 8.55. The van der Waals surface area contributed by atoms with Crippen LogP contribution in [0.5, 0.6) is 5.75 Å². The van der Waals surface area contributed by atoms with Gasteiger partial charge in [0.25, 0.3) is 5.91 Å². The van der Waals surface area contributed by atoms with Crippen LogP contribution in [0.3, 0.4) is 0 Å². The molecule has 2 amide bonds. The van der Waals surface area contributed by atoms with Crippen molar-refractivity contribution in [1.82, 2.24) is 10.2 Å². The van der Waals surface area contributed by atoms with Crippen molar-refractivity contribution in [2.45, 2.75) is 12.4 Å². The van der Waals surface area contributed by atoms with Crippen molar-refractivity contribution >= 4 is 34.4 Å². The molecule has 1 atom stereocenters. The van der Waals surface area contributed by atoms with E-state index in [0.29, 0.717) is 43.3 Å². The van der Waals surface area contributed by atoms with Gasteiger partial charge in [-0.1, -0.05) is 11.8 Å². The van der Waals surface area contributed by atoms with Crippen molar-refractivity contribution in [1.29, 1.82) is 5.41 Å². The van der Waals surface area contributed by atoms with E-state index in [-0.39, 0.29) is 23.1 Å². The van der Waals surface area contributed by atoms with Crippen molar-refractivity contribution in [3.05, 3.63) is 23.8 Å². The van der Waals surface area contributed by atoms with E-state index >= 15 is 0 Å². The minimum Gasteiger partial charge on any atom is -0.495 e. The Labute approximate surface area is 168 Å². The lowest BCUT2D eigenvalue weighted by Gasteiger charge is -2.27. The van der Waals surface area contributed by atoms with Crippen molar-refractivity contribution in [3.8, 4) is 5.75 Å². The summed E-state index contributed by atoms with van der Waals surface area (Å²) in [6.45, 7) is 4.18. The maximum absolute atomic E-state index is 12.3. The maximum atomic E-state index is 12.3. The van der Waals surface area contributed by atoms with Crippen LogP contribution in [0.25, 0.3) is 0 Å². The molecule has 0 saturated carbocycles. The number of thioether (sulfide) groups is 1. The Morgan fingerprint density at radius 2 is 2.04 bits per heavy atom. The van der Waals surface area contributed by atoms with E-state index in [4.69, 9.17) is 19.6 Å². The molecule has 1 aliphatic heterocycles. The Hall–Kier alpha value is -2.30. The van der Waals surface area contributed by atoms with Gasteiger partial charge in [-0.25, -0.2) is 0 Å². The predicted molar refractivity (Wildman–Crippen MR) is 108 cm³/mol. The second-order valence-electron chi connectivity index (χ2n) is 5.97. The van der Waals surface area contributed by atoms with E-state index < -0.39 is 5.91 Å². The number of hydrogen-bond acceptors (Lipinski definition) is 8. The molecule has 0 aliphatic carbocycles. The topological polar surface area (TPSA) is 113 Å². The Balaban J connectivity index is 1.96. The van der Waals surface area contributed by atoms with Crippen LogP contribution < -0.4 is 15.4 Å². The highest BCUT2D eigenvalue weighted by Crippen LogP contribution is 2.25. The van der Waals surface area contributed by atoms with Crippen molar-refractivity contribution in [2.75, 3.05) is 52.4 Å². The van der Waals surface area contributed by atoms with Crippen LogP contribution in [0.4, 0.5) is 5.69 Å². The van der Waals surface area contributed by atoms with Crippen molar-refractivity contribution < 1.29 is 23.8 Å². The molecular formula is C18H26N4O5S. The maximum Gasteiger partial charge on any atom is 0.257 e. The fraction of sp³-hybridized carbons (Fsp3) is 0.500. The van der Waals surface area contributed by atoms with E-state index in [1.807, 2.05) is 0 Å². The molecule has 1 fully saturated rings. The van der Waals surface area contributed by atoms with Gasteiger partial charge >= 0.3 is 0 Å². The molecule has 3 N–H and O–H groups in total. The molecule has 1 saturated heterocycles. The van der Waals surface area contributed by atoms with E-state index in [9.17, 15) is 9.59 Å². The molecule has 0 spiro atoms. The first-order chi connectivity index (χ1) is 13.4. The van der Waals surface area contributed by atoms with Gasteiger partial charge in [0, 0.05) is 25.8 Å². The molecule has 9 nitrogen and oxygen atoms in total. The molecule has 1 heterocycles. The number of rotatable bonds is 7. The standard InChI is InChI=1S/C18H26N4O5S/c1-12(25-2)28-18(19)21-17(24)13-4-5-14(15(10-13)26-3)20-11-16(23)22-6-8-27-9-7-22/h4-5,10,12,20H,6-9,11H2,1-3H3,(H2,19,21,24). The van der Waals surface area contributed by atoms with E-state index in [2.05, 4.69) is 10.6 Å². The zero-order valence-corrected chi connectivity index (χ0v) is 17.1. The molecule has 0 radical (unpaired) electrons. The molecular weight excluding hydrogens is 384 g/mol. The van der Waals surface area contributed by atoms with E-state index in [1.54, 1.807) is 30.0 Å². The SMILES string of the molecule is COc1cc(C(=O)NC(=N)SC(C)OC)ccc1NCC(=O)N1CCOCC1. The summed E-state index contributed by atoms with van der Waals surface area (Å²) in [6.07, 6.45) is 0. The molecule has 1 aromatic carbocycles. The van der Waals surface area contributed by atoms with Gasteiger partial charge in [0.15, 0.2) is 5.17 Å². The third kappa shape index (κ3) is 6.39. The number of methoxy groups -OCH3 is 2. The van der Waals surface area contributed by atoms with Crippen molar-refractivity contribution in [3.63, 3.8) is 0 Å². The average molecular weight is 410 g/mol. The monoisotopic (exact) mass is 410 g/mol. The van der Waals surface area contributed by atoms with Gasteiger partial charge in [-0.2, -0.15) is 0 Å². The molecule has 0 bridgehead atoms. The highest BCUT2D eigenvalue weighted by molar-refractivity contribution is 8.14. The van der Waals surface area contributed by atoms with Crippen LogP contribution in [0.15, 0.2) is 18.2 Å². The van der Waals surface area contributed by atoms with Gasteiger partial charge < -0.3 is 29.7 Å². The quantitative estimate of drug-likeness (QED) is 0.353. The summed E-state index contributed by atoms with van der Waals surface area (Å²) in [7, 11) is 3.03. The molecule has 10 heteroatoms. The van der Waals surface area contributed by atoms with Crippen molar-refractivity contribution in [2.24, 2.45) is 0 Å². The second-order valence-corrected chi connectivity index (χ2v) is 7.27. The Morgan fingerprint density at radius 3 is 2.68 bits per heavy atom. The summed E-state index contributed by atoms with van der Waals surface area (Å²) in [5, 5.41) is 13.4. The van der Waals surface area contributed by atoms with Gasteiger partial charge in [0.1, 0.15) is 11.2 Å². The number of ether oxygens (including phenoxy) is 3. The van der Waals surface area contributed by atoms with Gasteiger partial charge in [-0.15, -0.1) is 0 Å². The minimum absolute atomic E-state index is 0.00312. The average Bonchev–Trinajstić information content (AvgIpc) is 2.72. The minimum atomic E-state index is -0.421. The lowest BCUT2D eigenvalue weighted by molar-refractivity contribution is -0.133. The normalized spacial score (nSPS) is 14.9. The van der Waals surface area contributed by atoms with Gasteiger partial charge in [-0.05, 0) is 25.1 Å². The largest absolute Gasteiger partial charge is 0.495 e. The fourth-order valence-electron chi connectivity index (χ4n) is 2.49. The first-order valence-corrected chi connectivity index (χ1v) is 9.69. The predicted octanol–water partition coefficient (Wildman–Crippen LogP) is 1.36. The lowest BCUT2D eigenvalue weighted by Crippen LogP contribution is -2.43. The molecule has 1 unspecified atom stereocenters. The van der Waals surface area contributed by atoms with Gasteiger partial charge in [0.05, 0.1) is 32.6 Å². The van der Waals surface area contributed by atoms with Crippen LogP contribution in [0, 0.1) is 5.41 Å². The van der Waals surface area contributed by atoms with E-state index in [1.165, 1.54) is 14.2 Å². The zero-order valence-electron chi connectivity index (χ0n) is 16.2. The van der Waals surface area contributed by atoms with Crippen LogP contribution in [-0.2, 0) is 14.3 Å². The van der Waals surface area contributed by atoms with Gasteiger partial charge in [0.2, 0.25) is 5.91 Å². The molecule has 28 heavy (non-hydrogen) atoms. The summed E-state index contributed by atoms with van der Waals surface area (Å²) < 4.78 is 15.6. The lowest BCUT2D eigenvalue weighted by atomic mass is 10.1. The summed E-state index contributed by atoms with van der Waals surface area (Å²) >= 11 is 1.09. The Bertz CT molecular complexity index is 709. The number of anilines is 1. The number of morpholine rings is 1. The second kappa shape index (κ2) is 10.9. The van der Waals surface area contributed by atoms with E-state index in [0.717, 1.165) is 11.8 Å². The van der Waals surface area contributed by atoms with Crippen LogP contribution in [-0.4, -0.2) is 74.4 Å². The molecule has 0 aromatic heterocycles. The highest BCUT2D eigenvalue weighted by Gasteiger charge is 2.18. The summed E-state index contributed by atoms with van der Waals surface area (Å²) in [6, 6.07) is 4.85. The molecule has 1 aromatic rings. The number of amides is 2. The summed E-state index contributed by atoms with van der Waals surface area (Å²) in [5.41, 5.74) is 0.716. The number of amidine groups is 1. The molecule has 154 valence electrons.